The summed E-state index contributed by atoms with van der Waals surface area (Å²) < 4.78 is 0. The van der Waals surface area contributed by atoms with E-state index in [4.69, 9.17) is 0 Å². The molecule has 0 bridgehead atoms. The lowest BCUT2D eigenvalue weighted by Gasteiger charge is -2.56. The molecule has 0 amide bonds. The van der Waals surface area contributed by atoms with Crippen molar-refractivity contribution >= 4 is 5.78 Å². The number of hydrogen-bond acceptors (Lipinski definition) is 1. The Morgan fingerprint density at radius 1 is 1.09 bits per heavy atom. The predicted molar refractivity (Wildman–Crippen MR) is 95.0 cm³/mol. The van der Waals surface area contributed by atoms with Crippen molar-refractivity contribution in [1.82, 2.24) is 0 Å². The fourth-order valence-electron chi connectivity index (χ4n) is 7.14. The van der Waals surface area contributed by atoms with Crippen LogP contribution in [0.15, 0.2) is 11.6 Å². The summed E-state index contributed by atoms with van der Waals surface area (Å²) in [7, 11) is 0. The van der Waals surface area contributed by atoms with Gasteiger partial charge in [0.15, 0.2) is 0 Å². The summed E-state index contributed by atoms with van der Waals surface area (Å²) in [6, 6.07) is 0. The van der Waals surface area contributed by atoms with Crippen molar-refractivity contribution < 1.29 is 4.79 Å². The highest BCUT2D eigenvalue weighted by Crippen LogP contribution is 2.65. The molecule has 0 N–H and O–H groups in total. The third-order valence-electron chi connectivity index (χ3n) is 8.62. The molecule has 6 atom stereocenters. The number of ketones is 1. The minimum absolute atomic E-state index is 0.00747. The van der Waals surface area contributed by atoms with Gasteiger partial charge in [0.05, 0.1) is 0 Å². The molecule has 4 rings (SSSR count). The molecule has 0 aromatic carbocycles. The van der Waals surface area contributed by atoms with E-state index in [1.54, 1.807) is 5.57 Å². The van der Waals surface area contributed by atoms with Crippen LogP contribution in [0.3, 0.4) is 0 Å². The minimum atomic E-state index is -0.00747. The van der Waals surface area contributed by atoms with Gasteiger partial charge in [-0.25, -0.2) is 0 Å². The van der Waals surface area contributed by atoms with Crippen LogP contribution in [0, 0.1) is 40.4 Å². The van der Waals surface area contributed by atoms with E-state index in [0.29, 0.717) is 29.0 Å². The van der Waals surface area contributed by atoms with Gasteiger partial charge in [-0.1, -0.05) is 45.8 Å². The maximum atomic E-state index is 13.1. The Hall–Kier alpha value is -0.590. The Balaban J connectivity index is 1.69. The summed E-state index contributed by atoms with van der Waals surface area (Å²) >= 11 is 0. The zero-order valence-electron chi connectivity index (χ0n) is 15.5. The first-order chi connectivity index (χ1) is 10.9. The molecule has 1 nitrogen and oxygen atoms in total. The molecule has 0 aromatic heterocycles. The van der Waals surface area contributed by atoms with Crippen LogP contribution >= 0.6 is 0 Å². The van der Waals surface area contributed by atoms with Gasteiger partial charge >= 0.3 is 0 Å². The average Bonchev–Trinajstić information content (AvgIpc) is 2.79. The van der Waals surface area contributed by atoms with Gasteiger partial charge in [0.1, 0.15) is 5.78 Å². The number of carbonyl (C=O) groups excluding carboxylic acids is 1. The molecule has 1 heteroatoms. The molecule has 128 valence electrons. The van der Waals surface area contributed by atoms with Crippen LogP contribution in [0.5, 0.6) is 0 Å². The molecule has 0 heterocycles. The van der Waals surface area contributed by atoms with Crippen molar-refractivity contribution in [3.63, 3.8) is 0 Å². The monoisotopic (exact) mass is 314 g/mol. The molecule has 3 fully saturated rings. The highest BCUT2D eigenvalue weighted by molar-refractivity contribution is 5.89. The molecular formula is C22H34O. The number of hydrogen-bond donors (Lipinski definition) is 0. The molecule has 0 aliphatic heterocycles. The van der Waals surface area contributed by atoms with E-state index in [-0.39, 0.29) is 5.41 Å². The first-order valence-corrected chi connectivity index (χ1v) is 10.1. The second-order valence-electron chi connectivity index (χ2n) is 9.87. The Kier molecular flexibility index (Phi) is 3.60. The molecule has 0 radical (unpaired) electrons. The van der Waals surface area contributed by atoms with Gasteiger partial charge in [-0.05, 0) is 74.0 Å². The average molecular weight is 315 g/mol. The van der Waals surface area contributed by atoms with Gasteiger partial charge in [0.2, 0.25) is 0 Å². The molecule has 23 heavy (non-hydrogen) atoms. The third kappa shape index (κ3) is 2.07. The fraction of sp³-hybridized carbons (Fsp3) is 0.864. The Bertz CT molecular complexity index is 544. The van der Waals surface area contributed by atoms with E-state index in [0.717, 1.165) is 18.3 Å². The van der Waals surface area contributed by atoms with E-state index < -0.39 is 0 Å². The molecule has 3 saturated carbocycles. The first-order valence-electron chi connectivity index (χ1n) is 10.1. The Labute approximate surface area is 142 Å². The van der Waals surface area contributed by atoms with E-state index in [9.17, 15) is 4.79 Å². The highest BCUT2D eigenvalue weighted by atomic mass is 16.1. The normalized spacial score (nSPS) is 49.4. The topological polar surface area (TPSA) is 17.1 Å². The minimum Gasteiger partial charge on any atom is -0.299 e. The second-order valence-corrected chi connectivity index (χ2v) is 9.87. The van der Waals surface area contributed by atoms with Crippen molar-refractivity contribution in [1.29, 1.82) is 0 Å². The molecule has 0 spiro atoms. The van der Waals surface area contributed by atoms with E-state index in [1.807, 2.05) is 0 Å². The summed E-state index contributed by atoms with van der Waals surface area (Å²) in [5.74, 6) is 3.72. The second kappa shape index (κ2) is 5.20. The van der Waals surface area contributed by atoms with Crippen molar-refractivity contribution in [2.75, 3.05) is 0 Å². The van der Waals surface area contributed by atoms with Gasteiger partial charge in [0, 0.05) is 11.3 Å². The van der Waals surface area contributed by atoms with Crippen LogP contribution in [-0.4, -0.2) is 5.78 Å². The van der Waals surface area contributed by atoms with Crippen LogP contribution < -0.4 is 0 Å². The largest absolute Gasteiger partial charge is 0.299 e. The smallest absolute Gasteiger partial charge is 0.142 e. The number of fused-ring (bicyclic) bond motifs is 5. The maximum Gasteiger partial charge on any atom is 0.142 e. The lowest BCUT2D eigenvalue weighted by Crippen LogP contribution is -2.49. The summed E-state index contributed by atoms with van der Waals surface area (Å²) in [5, 5.41) is 0. The quantitative estimate of drug-likeness (QED) is 0.560. The van der Waals surface area contributed by atoms with Gasteiger partial charge in [-0.15, -0.1) is 0 Å². The van der Waals surface area contributed by atoms with Gasteiger partial charge in [-0.3, -0.25) is 4.79 Å². The number of rotatable bonds is 1. The van der Waals surface area contributed by atoms with Crippen molar-refractivity contribution in [2.24, 2.45) is 40.4 Å². The van der Waals surface area contributed by atoms with E-state index in [2.05, 4.69) is 33.8 Å². The van der Waals surface area contributed by atoms with Crippen molar-refractivity contribution in [3.8, 4) is 0 Å². The van der Waals surface area contributed by atoms with Crippen LogP contribution in [0.2, 0.25) is 0 Å². The third-order valence-corrected chi connectivity index (χ3v) is 8.62. The molecule has 0 unspecified atom stereocenters. The first kappa shape index (κ1) is 15.9. The molecule has 0 saturated heterocycles. The summed E-state index contributed by atoms with van der Waals surface area (Å²) in [6.45, 7) is 9.39. The molecule has 4 aliphatic carbocycles. The molecular weight excluding hydrogens is 280 g/mol. The van der Waals surface area contributed by atoms with Crippen molar-refractivity contribution in [2.45, 2.75) is 79.1 Å². The standard InChI is InChI=1S/C22H34O/c1-14(2)17-13-19-16-9-8-15-7-5-6-11-21(15,3)18(16)10-12-22(19,4)20(17)23/h8,14,16-19H,5-7,9-13H2,1-4H3/t16-,17-,18+,19+,21+,22+/m1/s1. The van der Waals surface area contributed by atoms with Crippen LogP contribution in [0.25, 0.3) is 0 Å². The highest BCUT2D eigenvalue weighted by Gasteiger charge is 2.60. The molecule has 0 aromatic rings. The van der Waals surface area contributed by atoms with Crippen LogP contribution in [0.4, 0.5) is 0 Å². The Morgan fingerprint density at radius 3 is 2.61 bits per heavy atom. The number of allylic oxidation sites excluding steroid dienone is 2. The molecule has 4 aliphatic rings. The fourth-order valence-corrected chi connectivity index (χ4v) is 7.14. The maximum absolute atomic E-state index is 13.1. The summed E-state index contributed by atoms with van der Waals surface area (Å²) in [5.41, 5.74) is 2.23. The van der Waals surface area contributed by atoms with E-state index >= 15 is 0 Å². The van der Waals surface area contributed by atoms with E-state index in [1.165, 1.54) is 44.9 Å². The number of Topliss-reactive ketones (excluding diaryl/α,β-unsaturated/α-hetero) is 1. The van der Waals surface area contributed by atoms with Gasteiger partial charge in [-0.2, -0.15) is 0 Å². The van der Waals surface area contributed by atoms with Crippen molar-refractivity contribution in [3.05, 3.63) is 11.6 Å². The number of carbonyl (C=O) groups is 1. The lowest BCUT2D eigenvalue weighted by atomic mass is 9.48. The van der Waals surface area contributed by atoms with Gasteiger partial charge in [0.25, 0.3) is 0 Å². The zero-order valence-corrected chi connectivity index (χ0v) is 15.5. The Morgan fingerprint density at radius 2 is 1.87 bits per heavy atom. The van der Waals surface area contributed by atoms with Crippen LogP contribution in [0.1, 0.15) is 79.1 Å². The predicted octanol–water partition coefficient (Wildman–Crippen LogP) is 5.79. The van der Waals surface area contributed by atoms with Gasteiger partial charge < -0.3 is 0 Å². The SMILES string of the molecule is CC(C)[C@H]1C[C@H]2[C@@H]3CC=C4CCCC[C@]4(C)[C@H]3CC[C@]2(C)C1=O. The zero-order chi connectivity index (χ0) is 16.4. The van der Waals surface area contributed by atoms with Crippen LogP contribution in [-0.2, 0) is 4.79 Å². The summed E-state index contributed by atoms with van der Waals surface area (Å²) in [6.07, 6.45) is 13.0. The summed E-state index contributed by atoms with van der Waals surface area (Å²) in [4.78, 5) is 13.1. The lowest BCUT2D eigenvalue weighted by molar-refractivity contribution is -0.134.